The Balaban J connectivity index is 2.36. The van der Waals surface area contributed by atoms with E-state index in [1.54, 1.807) is 19.2 Å². The van der Waals surface area contributed by atoms with Gasteiger partial charge in [0.1, 0.15) is 5.76 Å². The molecule has 2 heterocycles. The molecular weight excluding hydrogens is 351 g/mol. The summed E-state index contributed by atoms with van der Waals surface area (Å²) in [5.74, 6) is -0.0715. The number of hydrogen-bond donors (Lipinski definition) is 1. The number of nitrogens with one attached hydrogen (secondary N) is 1. The average Bonchev–Trinajstić information content (AvgIpc) is 2.57. The van der Waals surface area contributed by atoms with Crippen molar-refractivity contribution < 1.29 is 9.23 Å². The summed E-state index contributed by atoms with van der Waals surface area (Å²) in [6, 6.07) is 0.898. The molecule has 1 N–H and O–H groups in total. The normalized spacial score (nSPS) is 13.6. The first-order valence-corrected chi connectivity index (χ1v) is 8.07. The molecule has 0 spiro atoms. The van der Waals surface area contributed by atoms with Gasteiger partial charge in [0.15, 0.2) is 16.6 Å². The SMILES string of the molecule is CCC(C)C/N=C\C=C(\C)On1c(=O)[nH]c(=O)c2cc(F)c(Cl)nc21. The van der Waals surface area contributed by atoms with Crippen molar-refractivity contribution in [1.82, 2.24) is 14.7 Å². The lowest BCUT2D eigenvalue weighted by Crippen LogP contribution is -2.34. The molecule has 1 atom stereocenters. The van der Waals surface area contributed by atoms with Gasteiger partial charge >= 0.3 is 5.69 Å². The smallest absolute Gasteiger partial charge is 0.363 e. The number of aliphatic imine (C=N–C) groups is 1. The Bertz CT molecular complexity index is 949. The first-order chi connectivity index (χ1) is 11.8. The van der Waals surface area contributed by atoms with Crippen LogP contribution in [0.15, 0.2) is 32.5 Å². The summed E-state index contributed by atoms with van der Waals surface area (Å²) in [6.45, 7) is 6.45. The number of allylic oxidation sites excluding steroid dienone is 2. The molecule has 134 valence electrons. The molecule has 0 saturated heterocycles. The summed E-state index contributed by atoms with van der Waals surface area (Å²) >= 11 is 5.64. The van der Waals surface area contributed by atoms with E-state index in [2.05, 4.69) is 23.8 Å². The van der Waals surface area contributed by atoms with Crippen molar-refractivity contribution in [1.29, 1.82) is 0 Å². The van der Waals surface area contributed by atoms with Crippen LogP contribution in [-0.4, -0.2) is 27.5 Å². The molecule has 2 aromatic heterocycles. The zero-order valence-corrected chi connectivity index (χ0v) is 14.8. The van der Waals surface area contributed by atoms with Gasteiger partial charge in [0, 0.05) is 12.8 Å². The van der Waals surface area contributed by atoms with Crippen LogP contribution in [0.1, 0.15) is 27.2 Å². The number of H-pyrrole nitrogens is 1. The lowest BCUT2D eigenvalue weighted by Gasteiger charge is -2.10. The molecule has 2 rings (SSSR count). The Morgan fingerprint density at radius 2 is 2.28 bits per heavy atom. The molecule has 0 aromatic carbocycles. The number of aromatic amines is 1. The number of halogens is 2. The Morgan fingerprint density at radius 3 is 2.96 bits per heavy atom. The number of rotatable bonds is 6. The number of nitrogens with zero attached hydrogens (tertiary/aromatic N) is 3. The van der Waals surface area contributed by atoms with Gasteiger partial charge < -0.3 is 4.84 Å². The van der Waals surface area contributed by atoms with Crippen LogP contribution >= 0.6 is 11.6 Å². The maximum atomic E-state index is 13.5. The first kappa shape index (κ1) is 18.9. The summed E-state index contributed by atoms with van der Waals surface area (Å²) in [5.41, 5.74) is -1.80. The van der Waals surface area contributed by atoms with Crippen molar-refractivity contribution in [3.63, 3.8) is 0 Å². The zero-order chi connectivity index (χ0) is 18.6. The lowest BCUT2D eigenvalue weighted by molar-refractivity contribution is 0.178. The third-order valence-corrected chi connectivity index (χ3v) is 3.78. The highest BCUT2D eigenvalue weighted by Gasteiger charge is 2.14. The molecule has 2 aromatic rings. The summed E-state index contributed by atoms with van der Waals surface area (Å²) in [7, 11) is 0. The maximum absolute atomic E-state index is 13.5. The van der Waals surface area contributed by atoms with Crippen molar-refractivity contribution in [2.75, 3.05) is 6.54 Å². The van der Waals surface area contributed by atoms with Crippen LogP contribution in [0.4, 0.5) is 4.39 Å². The van der Waals surface area contributed by atoms with Gasteiger partial charge in [-0.05, 0) is 25.0 Å². The Morgan fingerprint density at radius 1 is 1.56 bits per heavy atom. The fraction of sp³-hybridized carbons (Fsp3) is 0.375. The van der Waals surface area contributed by atoms with Crippen LogP contribution in [-0.2, 0) is 0 Å². The number of fused-ring (bicyclic) bond motifs is 1. The highest BCUT2D eigenvalue weighted by atomic mass is 35.5. The van der Waals surface area contributed by atoms with E-state index >= 15 is 0 Å². The minimum atomic E-state index is -0.866. The van der Waals surface area contributed by atoms with Gasteiger partial charge in [0.25, 0.3) is 5.56 Å². The van der Waals surface area contributed by atoms with Crippen molar-refractivity contribution >= 4 is 28.8 Å². The van der Waals surface area contributed by atoms with Gasteiger partial charge in [-0.2, -0.15) is 0 Å². The van der Waals surface area contributed by atoms with Gasteiger partial charge in [-0.15, -0.1) is 4.73 Å². The Labute approximate surface area is 147 Å². The molecule has 0 radical (unpaired) electrons. The van der Waals surface area contributed by atoms with E-state index in [4.69, 9.17) is 16.4 Å². The molecule has 0 aliphatic rings. The molecule has 9 heteroatoms. The topological polar surface area (TPSA) is 89.3 Å². The van der Waals surface area contributed by atoms with Crippen LogP contribution in [0, 0.1) is 11.7 Å². The van der Waals surface area contributed by atoms with Crippen molar-refractivity contribution in [2.24, 2.45) is 10.9 Å². The maximum Gasteiger partial charge on any atom is 0.363 e. The molecule has 25 heavy (non-hydrogen) atoms. The molecule has 0 aliphatic heterocycles. The molecule has 1 unspecified atom stereocenters. The van der Waals surface area contributed by atoms with Crippen LogP contribution in [0.25, 0.3) is 11.0 Å². The van der Waals surface area contributed by atoms with Crippen molar-refractivity contribution in [3.05, 3.63) is 49.7 Å². The van der Waals surface area contributed by atoms with Crippen molar-refractivity contribution in [3.8, 4) is 0 Å². The number of hydrogen-bond acceptors (Lipinski definition) is 5. The lowest BCUT2D eigenvalue weighted by atomic mass is 10.1. The fourth-order valence-corrected chi connectivity index (χ4v) is 2.01. The standard InChI is InChI=1S/C16H18ClFN4O3/c1-4-9(2)8-19-6-5-10(3)25-22-14-11(15(23)21-16(22)24)7-12(18)13(17)20-14/h5-7,9H,4,8H2,1-3H3,(H,21,23,24)/b10-5-,19-6-. The predicted octanol–water partition coefficient (Wildman–Crippen LogP) is 2.33. The number of pyridine rings is 1. The fourth-order valence-electron chi connectivity index (χ4n) is 1.88. The number of aromatic nitrogens is 3. The summed E-state index contributed by atoms with van der Waals surface area (Å²) in [4.78, 5) is 39.2. The van der Waals surface area contributed by atoms with E-state index in [0.717, 1.165) is 17.2 Å². The molecule has 0 bridgehead atoms. The van der Waals surface area contributed by atoms with Gasteiger partial charge in [-0.3, -0.25) is 14.8 Å². The van der Waals surface area contributed by atoms with Gasteiger partial charge in [-0.1, -0.05) is 31.9 Å². The van der Waals surface area contributed by atoms with E-state index < -0.39 is 22.2 Å². The van der Waals surface area contributed by atoms with Gasteiger partial charge in [0.05, 0.1) is 5.39 Å². The van der Waals surface area contributed by atoms with E-state index in [1.807, 2.05) is 4.98 Å². The Kier molecular flexibility index (Phi) is 6.08. The summed E-state index contributed by atoms with van der Waals surface area (Å²) < 4.78 is 14.3. The van der Waals surface area contributed by atoms with E-state index in [1.165, 1.54) is 0 Å². The third kappa shape index (κ3) is 4.54. The molecule has 0 aliphatic carbocycles. The van der Waals surface area contributed by atoms with E-state index in [0.29, 0.717) is 18.2 Å². The molecule has 0 saturated carbocycles. The monoisotopic (exact) mass is 368 g/mol. The second-order valence-corrected chi connectivity index (χ2v) is 5.94. The molecular formula is C16H18ClFN4O3. The molecule has 0 amide bonds. The Hall–Kier alpha value is -2.48. The largest absolute Gasteiger partial charge is 0.374 e. The highest BCUT2D eigenvalue weighted by Crippen LogP contribution is 2.15. The van der Waals surface area contributed by atoms with E-state index in [9.17, 15) is 14.0 Å². The van der Waals surface area contributed by atoms with Crippen LogP contribution in [0.2, 0.25) is 5.15 Å². The van der Waals surface area contributed by atoms with Crippen LogP contribution in [0.5, 0.6) is 0 Å². The summed E-state index contributed by atoms with van der Waals surface area (Å²) in [5, 5.41) is -0.619. The average molecular weight is 369 g/mol. The van der Waals surface area contributed by atoms with Crippen molar-refractivity contribution in [2.45, 2.75) is 27.2 Å². The van der Waals surface area contributed by atoms with Crippen LogP contribution < -0.4 is 16.1 Å². The first-order valence-electron chi connectivity index (χ1n) is 7.69. The van der Waals surface area contributed by atoms with Gasteiger partial charge in [0.2, 0.25) is 0 Å². The second-order valence-electron chi connectivity index (χ2n) is 5.58. The summed E-state index contributed by atoms with van der Waals surface area (Å²) in [6.07, 6.45) is 4.16. The predicted molar refractivity (Wildman–Crippen MR) is 94.7 cm³/mol. The quantitative estimate of drug-likeness (QED) is 0.481. The third-order valence-electron chi connectivity index (χ3n) is 3.52. The second kappa shape index (κ2) is 8.06. The highest BCUT2D eigenvalue weighted by molar-refractivity contribution is 6.29. The minimum Gasteiger partial charge on any atom is -0.374 e. The van der Waals surface area contributed by atoms with Crippen LogP contribution in [0.3, 0.4) is 0 Å². The van der Waals surface area contributed by atoms with E-state index in [-0.39, 0.29) is 11.0 Å². The molecule has 7 nitrogen and oxygen atoms in total. The molecule has 0 fully saturated rings. The van der Waals surface area contributed by atoms with Gasteiger partial charge in [-0.25, -0.2) is 14.2 Å². The minimum absolute atomic E-state index is 0.153. The zero-order valence-electron chi connectivity index (χ0n) is 14.0.